The molecule has 0 saturated heterocycles. The largest absolute Gasteiger partial charge is 0.480 e. The SMILES string of the molecule is CCC(NC(C)(CC)CO)C(=O)O. The molecule has 0 fully saturated rings. The quantitative estimate of drug-likeness (QED) is 0.572. The molecule has 13 heavy (non-hydrogen) atoms. The van der Waals surface area contributed by atoms with E-state index in [0.29, 0.717) is 12.8 Å². The molecule has 0 aliphatic rings. The Morgan fingerprint density at radius 1 is 1.54 bits per heavy atom. The Hall–Kier alpha value is -0.610. The van der Waals surface area contributed by atoms with Crippen LogP contribution in [0, 0.1) is 0 Å². The molecule has 0 saturated carbocycles. The van der Waals surface area contributed by atoms with E-state index in [0.717, 1.165) is 0 Å². The summed E-state index contributed by atoms with van der Waals surface area (Å²) >= 11 is 0. The van der Waals surface area contributed by atoms with Crippen LogP contribution in [0.3, 0.4) is 0 Å². The standard InChI is InChI=1S/C9H19NO3/c1-4-7(8(12)13)10-9(3,5-2)6-11/h7,10-11H,4-6H2,1-3H3,(H,12,13). The summed E-state index contributed by atoms with van der Waals surface area (Å²) in [7, 11) is 0. The van der Waals surface area contributed by atoms with Crippen LogP contribution in [0.1, 0.15) is 33.6 Å². The smallest absolute Gasteiger partial charge is 0.320 e. The summed E-state index contributed by atoms with van der Waals surface area (Å²) in [6.45, 7) is 5.49. The molecule has 0 aliphatic carbocycles. The zero-order chi connectivity index (χ0) is 10.5. The molecule has 0 heterocycles. The summed E-state index contributed by atoms with van der Waals surface area (Å²) in [5.74, 6) is -0.865. The van der Waals surface area contributed by atoms with Crippen LogP contribution in [-0.4, -0.2) is 34.4 Å². The number of carboxylic acids is 1. The van der Waals surface area contributed by atoms with E-state index in [1.807, 2.05) is 13.8 Å². The molecule has 0 spiro atoms. The van der Waals surface area contributed by atoms with Gasteiger partial charge in [0.25, 0.3) is 0 Å². The molecule has 4 heteroatoms. The van der Waals surface area contributed by atoms with Crippen molar-refractivity contribution in [3.63, 3.8) is 0 Å². The van der Waals surface area contributed by atoms with Crippen LogP contribution in [-0.2, 0) is 4.79 Å². The third-order valence-electron chi connectivity index (χ3n) is 2.36. The predicted octanol–water partition coefficient (Wildman–Crippen LogP) is 0.600. The summed E-state index contributed by atoms with van der Waals surface area (Å²) < 4.78 is 0. The van der Waals surface area contributed by atoms with Crippen LogP contribution in [0.4, 0.5) is 0 Å². The molecule has 0 aliphatic heterocycles. The first-order valence-electron chi connectivity index (χ1n) is 4.60. The van der Waals surface area contributed by atoms with E-state index in [2.05, 4.69) is 5.32 Å². The van der Waals surface area contributed by atoms with Gasteiger partial charge in [-0.1, -0.05) is 13.8 Å². The number of rotatable bonds is 6. The van der Waals surface area contributed by atoms with Gasteiger partial charge in [0, 0.05) is 5.54 Å². The first-order chi connectivity index (χ1) is 5.99. The lowest BCUT2D eigenvalue weighted by atomic mass is 9.98. The van der Waals surface area contributed by atoms with E-state index >= 15 is 0 Å². The average Bonchev–Trinajstić information content (AvgIpc) is 2.13. The topological polar surface area (TPSA) is 69.6 Å². The molecular weight excluding hydrogens is 170 g/mol. The van der Waals surface area contributed by atoms with Gasteiger partial charge in [0.1, 0.15) is 6.04 Å². The van der Waals surface area contributed by atoms with Gasteiger partial charge < -0.3 is 10.2 Å². The van der Waals surface area contributed by atoms with Crippen LogP contribution in [0.15, 0.2) is 0 Å². The lowest BCUT2D eigenvalue weighted by molar-refractivity contribution is -0.140. The Bertz CT molecular complexity index is 166. The Morgan fingerprint density at radius 2 is 2.08 bits per heavy atom. The lowest BCUT2D eigenvalue weighted by Crippen LogP contribution is -2.53. The average molecular weight is 189 g/mol. The highest BCUT2D eigenvalue weighted by atomic mass is 16.4. The molecule has 0 radical (unpaired) electrons. The second kappa shape index (κ2) is 5.19. The predicted molar refractivity (Wildman–Crippen MR) is 50.6 cm³/mol. The fourth-order valence-electron chi connectivity index (χ4n) is 1.02. The van der Waals surface area contributed by atoms with Crippen molar-refractivity contribution < 1.29 is 15.0 Å². The maximum atomic E-state index is 10.7. The minimum atomic E-state index is -0.865. The fourth-order valence-corrected chi connectivity index (χ4v) is 1.02. The molecule has 3 N–H and O–H groups in total. The van der Waals surface area contributed by atoms with Gasteiger partial charge >= 0.3 is 5.97 Å². The Balaban J connectivity index is 4.27. The van der Waals surface area contributed by atoms with Crippen molar-refractivity contribution in [1.82, 2.24) is 5.32 Å². The van der Waals surface area contributed by atoms with Gasteiger partial charge in [-0.3, -0.25) is 10.1 Å². The third-order valence-corrected chi connectivity index (χ3v) is 2.36. The molecule has 4 nitrogen and oxygen atoms in total. The third kappa shape index (κ3) is 3.74. The normalized spacial score (nSPS) is 17.8. The number of aliphatic carboxylic acids is 1. The number of nitrogens with one attached hydrogen (secondary N) is 1. The van der Waals surface area contributed by atoms with E-state index in [4.69, 9.17) is 10.2 Å². The molecule has 0 aromatic heterocycles. The number of aliphatic hydroxyl groups excluding tert-OH is 1. The van der Waals surface area contributed by atoms with Gasteiger partial charge in [-0.2, -0.15) is 0 Å². The van der Waals surface area contributed by atoms with Crippen molar-refractivity contribution >= 4 is 5.97 Å². The zero-order valence-electron chi connectivity index (χ0n) is 8.50. The molecule has 78 valence electrons. The molecule has 2 unspecified atom stereocenters. The Kier molecular flexibility index (Phi) is 4.95. The maximum Gasteiger partial charge on any atom is 0.320 e. The van der Waals surface area contributed by atoms with Crippen molar-refractivity contribution in [2.24, 2.45) is 0 Å². The lowest BCUT2D eigenvalue weighted by Gasteiger charge is -2.30. The van der Waals surface area contributed by atoms with Crippen LogP contribution >= 0.6 is 0 Å². The van der Waals surface area contributed by atoms with Crippen LogP contribution in [0.5, 0.6) is 0 Å². The minimum Gasteiger partial charge on any atom is -0.480 e. The van der Waals surface area contributed by atoms with Crippen LogP contribution < -0.4 is 5.32 Å². The number of hydrogen-bond donors (Lipinski definition) is 3. The first kappa shape index (κ1) is 12.4. The molecule has 0 aromatic rings. The summed E-state index contributed by atoms with van der Waals surface area (Å²) in [4.78, 5) is 10.7. The highest BCUT2D eigenvalue weighted by molar-refractivity contribution is 5.73. The van der Waals surface area contributed by atoms with Crippen molar-refractivity contribution in [3.05, 3.63) is 0 Å². The van der Waals surface area contributed by atoms with Gasteiger partial charge in [0.2, 0.25) is 0 Å². The van der Waals surface area contributed by atoms with Crippen LogP contribution in [0.2, 0.25) is 0 Å². The second-order valence-corrected chi connectivity index (χ2v) is 3.52. The monoisotopic (exact) mass is 189 g/mol. The summed E-state index contributed by atoms with van der Waals surface area (Å²) in [5.41, 5.74) is -0.487. The summed E-state index contributed by atoms with van der Waals surface area (Å²) in [5, 5.41) is 20.8. The van der Waals surface area contributed by atoms with Crippen LogP contribution in [0.25, 0.3) is 0 Å². The summed E-state index contributed by atoms with van der Waals surface area (Å²) in [6, 6.07) is -0.572. The number of carboxylic acid groups (broad SMARTS) is 1. The number of aliphatic hydroxyl groups is 1. The number of carbonyl (C=O) groups is 1. The van der Waals surface area contributed by atoms with Crippen molar-refractivity contribution in [2.45, 2.75) is 45.2 Å². The van der Waals surface area contributed by atoms with E-state index in [9.17, 15) is 4.79 Å². The summed E-state index contributed by atoms with van der Waals surface area (Å²) in [6.07, 6.45) is 1.22. The van der Waals surface area contributed by atoms with Gasteiger partial charge in [-0.15, -0.1) is 0 Å². The van der Waals surface area contributed by atoms with Crippen molar-refractivity contribution in [2.75, 3.05) is 6.61 Å². The second-order valence-electron chi connectivity index (χ2n) is 3.52. The van der Waals surface area contributed by atoms with E-state index in [1.54, 1.807) is 6.92 Å². The van der Waals surface area contributed by atoms with Gasteiger partial charge in [0.15, 0.2) is 0 Å². The van der Waals surface area contributed by atoms with Crippen molar-refractivity contribution in [3.8, 4) is 0 Å². The fraction of sp³-hybridized carbons (Fsp3) is 0.889. The van der Waals surface area contributed by atoms with Crippen molar-refractivity contribution in [1.29, 1.82) is 0 Å². The Labute approximate surface area is 79.0 Å². The van der Waals surface area contributed by atoms with Gasteiger partial charge in [-0.05, 0) is 19.8 Å². The molecule has 0 bridgehead atoms. The zero-order valence-corrected chi connectivity index (χ0v) is 8.50. The molecular formula is C9H19NO3. The maximum absolute atomic E-state index is 10.7. The number of hydrogen-bond acceptors (Lipinski definition) is 3. The van der Waals surface area contributed by atoms with Gasteiger partial charge in [0.05, 0.1) is 6.61 Å². The first-order valence-corrected chi connectivity index (χ1v) is 4.60. The molecule has 0 amide bonds. The minimum absolute atomic E-state index is 0.0483. The highest BCUT2D eigenvalue weighted by Gasteiger charge is 2.27. The Morgan fingerprint density at radius 3 is 2.31 bits per heavy atom. The van der Waals surface area contributed by atoms with Gasteiger partial charge in [-0.25, -0.2) is 0 Å². The van der Waals surface area contributed by atoms with E-state index < -0.39 is 17.6 Å². The highest BCUT2D eigenvalue weighted by Crippen LogP contribution is 2.10. The molecule has 0 rings (SSSR count). The van der Waals surface area contributed by atoms with E-state index in [1.165, 1.54) is 0 Å². The van der Waals surface area contributed by atoms with E-state index in [-0.39, 0.29) is 6.61 Å². The molecule has 0 aromatic carbocycles. The molecule has 2 atom stereocenters.